The first-order chi connectivity index (χ1) is 13.7. The first kappa shape index (κ1) is 16.9. The molecule has 1 aliphatic heterocycles. The topological polar surface area (TPSA) is 74.8 Å². The Morgan fingerprint density at radius 2 is 2.04 bits per heavy atom. The monoisotopic (exact) mass is 390 g/mol. The Balaban J connectivity index is 1.48. The summed E-state index contributed by atoms with van der Waals surface area (Å²) in [5.41, 5.74) is 3.94. The molecule has 0 unspecified atom stereocenters. The minimum Gasteiger partial charge on any atom is -0.464 e. The molecule has 5 rings (SSSR count). The normalized spacial score (nSPS) is 13.5. The molecule has 0 atom stereocenters. The molecule has 2 aromatic carbocycles. The largest absolute Gasteiger partial charge is 0.464 e. The molecule has 0 radical (unpaired) electrons. The van der Waals surface area contributed by atoms with E-state index in [2.05, 4.69) is 21.4 Å². The van der Waals surface area contributed by atoms with E-state index in [0.717, 1.165) is 23.4 Å². The number of anilines is 2. The van der Waals surface area contributed by atoms with Gasteiger partial charge in [0.2, 0.25) is 5.95 Å². The van der Waals surface area contributed by atoms with E-state index in [-0.39, 0.29) is 5.82 Å². The molecule has 0 spiro atoms. The maximum Gasteiger partial charge on any atom is 0.227 e. The number of furan rings is 1. The second kappa shape index (κ2) is 6.76. The lowest BCUT2D eigenvalue weighted by Crippen LogP contribution is -2.04. The van der Waals surface area contributed by atoms with Gasteiger partial charge in [0.05, 0.1) is 22.4 Å². The molecular formula is C21H15FN4OS. The van der Waals surface area contributed by atoms with Crippen molar-refractivity contribution in [2.24, 2.45) is 0 Å². The number of hydrogen-bond acceptors (Lipinski definition) is 6. The quantitative estimate of drug-likeness (QED) is 0.463. The maximum atomic E-state index is 13.9. The number of aryl methyl sites for hydroxylation is 1. The van der Waals surface area contributed by atoms with Crippen LogP contribution in [0.3, 0.4) is 0 Å². The fourth-order valence-electron chi connectivity index (χ4n) is 3.29. The van der Waals surface area contributed by atoms with E-state index < -0.39 is 0 Å². The minimum absolute atomic E-state index is 0.322. The number of rotatable bonds is 3. The predicted molar refractivity (Wildman–Crippen MR) is 109 cm³/mol. The van der Waals surface area contributed by atoms with Gasteiger partial charge in [0, 0.05) is 22.3 Å². The van der Waals surface area contributed by atoms with Crippen LogP contribution >= 0.6 is 11.8 Å². The third-order valence-corrected chi connectivity index (χ3v) is 5.72. The van der Waals surface area contributed by atoms with E-state index in [1.807, 2.05) is 12.1 Å². The van der Waals surface area contributed by atoms with Gasteiger partial charge in [-0.15, -0.1) is 0 Å². The molecule has 138 valence electrons. The van der Waals surface area contributed by atoms with Crippen molar-refractivity contribution in [1.29, 1.82) is 5.41 Å². The third-order valence-electron chi connectivity index (χ3n) is 4.67. The van der Waals surface area contributed by atoms with Crippen molar-refractivity contribution in [2.75, 3.05) is 5.32 Å². The molecule has 7 heteroatoms. The number of thioether (sulfide) groups is 1. The summed E-state index contributed by atoms with van der Waals surface area (Å²) >= 11 is 1.49. The molecule has 0 fully saturated rings. The van der Waals surface area contributed by atoms with Gasteiger partial charge in [-0.05, 0) is 54.8 Å². The zero-order valence-electron chi connectivity index (χ0n) is 14.7. The van der Waals surface area contributed by atoms with E-state index in [9.17, 15) is 4.39 Å². The van der Waals surface area contributed by atoms with Crippen molar-refractivity contribution in [2.45, 2.75) is 17.7 Å². The second-order valence-corrected chi connectivity index (χ2v) is 7.63. The summed E-state index contributed by atoms with van der Waals surface area (Å²) in [6.07, 6.45) is 4.83. The Hall–Kier alpha value is -3.19. The molecule has 1 aliphatic rings. The molecule has 3 heterocycles. The Morgan fingerprint density at radius 1 is 1.11 bits per heavy atom. The maximum absolute atomic E-state index is 13.9. The minimum atomic E-state index is -0.322. The second-order valence-electron chi connectivity index (χ2n) is 6.50. The summed E-state index contributed by atoms with van der Waals surface area (Å²) in [5.74, 6) is 0.120. The molecule has 28 heavy (non-hydrogen) atoms. The number of halogens is 1. The van der Waals surface area contributed by atoms with Crippen LogP contribution in [0.4, 0.5) is 16.0 Å². The molecule has 2 aromatic heterocycles. The average Bonchev–Trinajstić information content (AvgIpc) is 3.19. The van der Waals surface area contributed by atoms with Crippen LogP contribution in [0.2, 0.25) is 0 Å². The van der Waals surface area contributed by atoms with Crippen molar-refractivity contribution in [3.63, 3.8) is 0 Å². The zero-order chi connectivity index (χ0) is 19.1. The van der Waals surface area contributed by atoms with Crippen molar-refractivity contribution >= 4 is 39.4 Å². The van der Waals surface area contributed by atoms with Gasteiger partial charge in [0.25, 0.3) is 0 Å². The SMILES string of the molecule is N=C1CCc2ccc(Nc3nccc(-c4ccc(F)c5ccoc45)n3)cc2S1. The molecule has 2 N–H and O–H groups in total. The summed E-state index contributed by atoms with van der Waals surface area (Å²) in [6.45, 7) is 0. The third kappa shape index (κ3) is 3.03. The summed E-state index contributed by atoms with van der Waals surface area (Å²) in [6, 6.07) is 12.5. The van der Waals surface area contributed by atoms with E-state index in [4.69, 9.17) is 9.83 Å². The highest BCUT2D eigenvalue weighted by molar-refractivity contribution is 8.14. The van der Waals surface area contributed by atoms with Crippen LogP contribution in [-0.4, -0.2) is 15.0 Å². The predicted octanol–water partition coefficient (Wildman–Crippen LogP) is 5.79. The fourth-order valence-corrected chi connectivity index (χ4v) is 4.25. The van der Waals surface area contributed by atoms with Crippen molar-refractivity contribution in [3.8, 4) is 11.3 Å². The summed E-state index contributed by atoms with van der Waals surface area (Å²) in [7, 11) is 0. The van der Waals surface area contributed by atoms with Crippen molar-refractivity contribution in [1.82, 2.24) is 9.97 Å². The Bertz CT molecular complexity index is 1220. The summed E-state index contributed by atoms with van der Waals surface area (Å²) < 4.78 is 19.4. The standard InChI is InChI=1S/C21H15FN4OS/c22-16-5-4-15(20-14(16)8-10-27-20)17-7-9-24-21(26-17)25-13-3-1-12-2-6-19(23)28-18(12)11-13/h1,3-5,7-11,23H,2,6H2,(H,24,25,26). The molecule has 0 saturated heterocycles. The van der Waals surface area contributed by atoms with E-state index in [1.165, 1.54) is 29.7 Å². The van der Waals surface area contributed by atoms with E-state index in [0.29, 0.717) is 33.2 Å². The number of hydrogen-bond donors (Lipinski definition) is 2. The first-order valence-electron chi connectivity index (χ1n) is 8.82. The van der Waals surface area contributed by atoms with Gasteiger partial charge in [-0.25, -0.2) is 14.4 Å². The van der Waals surface area contributed by atoms with Crippen LogP contribution in [0, 0.1) is 11.2 Å². The van der Waals surface area contributed by atoms with Crippen LogP contribution in [0.1, 0.15) is 12.0 Å². The first-order valence-corrected chi connectivity index (χ1v) is 9.63. The van der Waals surface area contributed by atoms with Crippen molar-refractivity contribution < 1.29 is 8.81 Å². The lowest BCUT2D eigenvalue weighted by Gasteiger charge is -2.17. The molecular weight excluding hydrogens is 375 g/mol. The highest BCUT2D eigenvalue weighted by Crippen LogP contribution is 2.34. The molecule has 0 saturated carbocycles. The Morgan fingerprint density at radius 3 is 2.96 bits per heavy atom. The van der Waals surface area contributed by atoms with E-state index in [1.54, 1.807) is 24.4 Å². The van der Waals surface area contributed by atoms with Gasteiger partial charge in [-0.1, -0.05) is 17.8 Å². The van der Waals surface area contributed by atoms with Crippen LogP contribution < -0.4 is 5.32 Å². The average molecular weight is 390 g/mol. The van der Waals surface area contributed by atoms with Gasteiger partial charge in [0.1, 0.15) is 11.4 Å². The van der Waals surface area contributed by atoms with Gasteiger partial charge >= 0.3 is 0 Å². The molecule has 5 nitrogen and oxygen atoms in total. The van der Waals surface area contributed by atoms with Gasteiger partial charge < -0.3 is 9.73 Å². The Labute approximate surface area is 164 Å². The van der Waals surface area contributed by atoms with Crippen molar-refractivity contribution in [3.05, 3.63) is 66.3 Å². The number of nitrogens with one attached hydrogen (secondary N) is 2. The van der Waals surface area contributed by atoms with Crippen LogP contribution in [0.5, 0.6) is 0 Å². The van der Waals surface area contributed by atoms with Gasteiger partial charge in [-0.3, -0.25) is 5.41 Å². The van der Waals surface area contributed by atoms with Crippen LogP contribution in [0.25, 0.3) is 22.2 Å². The molecule has 0 amide bonds. The molecule has 0 aliphatic carbocycles. The van der Waals surface area contributed by atoms with Gasteiger partial charge in [0.15, 0.2) is 0 Å². The lowest BCUT2D eigenvalue weighted by molar-refractivity contribution is 0.611. The van der Waals surface area contributed by atoms with Crippen LogP contribution in [-0.2, 0) is 6.42 Å². The van der Waals surface area contributed by atoms with Crippen LogP contribution in [0.15, 0.2) is 64.2 Å². The lowest BCUT2D eigenvalue weighted by atomic mass is 10.1. The van der Waals surface area contributed by atoms with Gasteiger partial charge in [-0.2, -0.15) is 0 Å². The zero-order valence-corrected chi connectivity index (χ0v) is 15.5. The molecule has 4 aromatic rings. The highest BCUT2D eigenvalue weighted by Gasteiger charge is 2.15. The summed E-state index contributed by atoms with van der Waals surface area (Å²) in [4.78, 5) is 9.96. The summed E-state index contributed by atoms with van der Waals surface area (Å²) in [5, 5.41) is 12.2. The Kier molecular flexibility index (Phi) is 4.09. The molecule has 0 bridgehead atoms. The smallest absolute Gasteiger partial charge is 0.227 e. The fraction of sp³-hybridized carbons (Fsp3) is 0.0952. The highest BCUT2D eigenvalue weighted by atomic mass is 32.2. The van der Waals surface area contributed by atoms with E-state index >= 15 is 0 Å². The number of benzene rings is 2. The number of fused-ring (bicyclic) bond motifs is 2. The number of nitrogens with zero attached hydrogens (tertiary/aromatic N) is 2. The number of aromatic nitrogens is 2.